The SMILES string of the molecule is CCCCCc1ccc(OC(=O)C=Cc2ccc(C(=O)OCCC)cc2)cc1. The van der Waals surface area contributed by atoms with Crippen molar-refractivity contribution in [1.29, 1.82) is 0 Å². The van der Waals surface area contributed by atoms with E-state index in [1.54, 1.807) is 30.3 Å². The Labute approximate surface area is 167 Å². The molecule has 4 nitrogen and oxygen atoms in total. The molecule has 4 heteroatoms. The van der Waals surface area contributed by atoms with Crippen LogP contribution in [0.25, 0.3) is 6.08 Å². The van der Waals surface area contributed by atoms with E-state index < -0.39 is 5.97 Å². The Balaban J connectivity index is 1.85. The van der Waals surface area contributed by atoms with Crippen molar-refractivity contribution in [1.82, 2.24) is 0 Å². The van der Waals surface area contributed by atoms with Crippen molar-refractivity contribution < 1.29 is 19.1 Å². The number of carbonyl (C=O) groups is 2. The van der Waals surface area contributed by atoms with E-state index in [9.17, 15) is 9.59 Å². The normalized spacial score (nSPS) is 10.8. The second kappa shape index (κ2) is 11.8. The highest BCUT2D eigenvalue weighted by molar-refractivity contribution is 5.91. The van der Waals surface area contributed by atoms with Crippen LogP contribution < -0.4 is 4.74 Å². The number of hydrogen-bond donors (Lipinski definition) is 0. The van der Waals surface area contributed by atoms with Crippen LogP contribution in [-0.2, 0) is 16.0 Å². The van der Waals surface area contributed by atoms with Crippen LogP contribution in [0.3, 0.4) is 0 Å². The van der Waals surface area contributed by atoms with Gasteiger partial charge in [0.15, 0.2) is 0 Å². The molecule has 0 aliphatic rings. The Morgan fingerprint density at radius 1 is 0.893 bits per heavy atom. The Bertz CT molecular complexity index is 773. The summed E-state index contributed by atoms with van der Waals surface area (Å²) in [4.78, 5) is 23.8. The summed E-state index contributed by atoms with van der Waals surface area (Å²) in [6.07, 6.45) is 8.46. The van der Waals surface area contributed by atoms with E-state index in [1.807, 2.05) is 31.2 Å². The van der Waals surface area contributed by atoms with Gasteiger partial charge in [-0.2, -0.15) is 0 Å². The van der Waals surface area contributed by atoms with Crippen molar-refractivity contribution in [2.24, 2.45) is 0 Å². The molecule has 2 rings (SSSR count). The number of unbranched alkanes of at least 4 members (excludes halogenated alkanes) is 2. The fraction of sp³-hybridized carbons (Fsp3) is 0.333. The molecule has 0 heterocycles. The molecule has 0 bridgehead atoms. The first-order chi connectivity index (χ1) is 13.6. The molecule has 0 saturated carbocycles. The molecule has 0 aliphatic heterocycles. The summed E-state index contributed by atoms with van der Waals surface area (Å²) in [6, 6.07) is 14.5. The van der Waals surface area contributed by atoms with Crippen molar-refractivity contribution in [3.8, 4) is 5.75 Å². The maximum Gasteiger partial charge on any atom is 0.338 e. The molecule has 0 unspecified atom stereocenters. The van der Waals surface area contributed by atoms with Gasteiger partial charge in [0.1, 0.15) is 5.75 Å². The molecule has 0 aromatic heterocycles. The molecular weight excluding hydrogens is 352 g/mol. The van der Waals surface area contributed by atoms with Gasteiger partial charge in [0.05, 0.1) is 12.2 Å². The monoisotopic (exact) mass is 380 g/mol. The van der Waals surface area contributed by atoms with Crippen LogP contribution in [0.1, 0.15) is 61.0 Å². The Morgan fingerprint density at radius 3 is 2.25 bits per heavy atom. The van der Waals surface area contributed by atoms with Crippen LogP contribution in [0.4, 0.5) is 0 Å². The fourth-order valence-corrected chi connectivity index (χ4v) is 2.63. The first kappa shape index (κ1) is 21.4. The van der Waals surface area contributed by atoms with Crippen molar-refractivity contribution >= 4 is 18.0 Å². The number of aryl methyl sites for hydroxylation is 1. The Morgan fingerprint density at radius 2 is 1.61 bits per heavy atom. The van der Waals surface area contributed by atoms with Gasteiger partial charge in [0.25, 0.3) is 0 Å². The van der Waals surface area contributed by atoms with Gasteiger partial charge in [-0.3, -0.25) is 0 Å². The quantitative estimate of drug-likeness (QED) is 0.233. The van der Waals surface area contributed by atoms with Crippen LogP contribution in [0.2, 0.25) is 0 Å². The van der Waals surface area contributed by atoms with Gasteiger partial charge >= 0.3 is 11.9 Å². The molecule has 148 valence electrons. The lowest BCUT2D eigenvalue weighted by atomic mass is 10.1. The number of benzene rings is 2. The van der Waals surface area contributed by atoms with E-state index >= 15 is 0 Å². The molecule has 2 aromatic rings. The summed E-state index contributed by atoms with van der Waals surface area (Å²) in [6.45, 7) is 4.54. The van der Waals surface area contributed by atoms with Crippen LogP contribution >= 0.6 is 0 Å². The fourth-order valence-electron chi connectivity index (χ4n) is 2.63. The molecule has 0 radical (unpaired) electrons. The number of carbonyl (C=O) groups excluding carboxylic acids is 2. The Kier molecular flexibility index (Phi) is 8.99. The largest absolute Gasteiger partial charge is 0.462 e. The van der Waals surface area contributed by atoms with Crippen LogP contribution in [0, 0.1) is 0 Å². The van der Waals surface area contributed by atoms with Gasteiger partial charge in [-0.05, 0) is 60.7 Å². The van der Waals surface area contributed by atoms with Crippen molar-refractivity contribution in [2.75, 3.05) is 6.61 Å². The highest BCUT2D eigenvalue weighted by Gasteiger charge is 2.06. The molecule has 0 saturated heterocycles. The summed E-state index contributed by atoms with van der Waals surface area (Å²) in [7, 11) is 0. The predicted octanol–water partition coefficient (Wildman–Crippen LogP) is 5.60. The van der Waals surface area contributed by atoms with Crippen molar-refractivity contribution in [2.45, 2.75) is 46.0 Å². The third-order valence-corrected chi connectivity index (χ3v) is 4.21. The third kappa shape index (κ3) is 7.39. The highest BCUT2D eigenvalue weighted by atomic mass is 16.5. The second-order valence-electron chi connectivity index (χ2n) is 6.61. The van der Waals surface area contributed by atoms with Crippen LogP contribution in [0.5, 0.6) is 5.75 Å². The van der Waals surface area contributed by atoms with Gasteiger partial charge < -0.3 is 9.47 Å². The topological polar surface area (TPSA) is 52.6 Å². The van der Waals surface area contributed by atoms with E-state index in [0.29, 0.717) is 17.9 Å². The van der Waals surface area contributed by atoms with E-state index in [4.69, 9.17) is 9.47 Å². The third-order valence-electron chi connectivity index (χ3n) is 4.21. The van der Waals surface area contributed by atoms with E-state index in [1.165, 1.54) is 30.9 Å². The molecule has 0 spiro atoms. The predicted molar refractivity (Wildman–Crippen MR) is 111 cm³/mol. The number of esters is 2. The maximum atomic E-state index is 12.0. The summed E-state index contributed by atoms with van der Waals surface area (Å²) >= 11 is 0. The average Bonchev–Trinajstić information content (AvgIpc) is 2.72. The van der Waals surface area contributed by atoms with Crippen molar-refractivity contribution in [3.05, 3.63) is 71.3 Å². The zero-order valence-electron chi connectivity index (χ0n) is 16.6. The standard InChI is InChI=1S/C24H28O4/c1-3-5-6-7-19-10-15-22(16-11-19)28-23(25)17-12-20-8-13-21(14-9-20)24(26)27-18-4-2/h8-17H,3-7,18H2,1-2H3. The average molecular weight is 380 g/mol. The lowest BCUT2D eigenvalue weighted by Gasteiger charge is -2.04. The Hall–Kier alpha value is -2.88. The lowest BCUT2D eigenvalue weighted by Crippen LogP contribution is -2.05. The van der Waals surface area contributed by atoms with Crippen LogP contribution in [-0.4, -0.2) is 18.5 Å². The van der Waals surface area contributed by atoms with Gasteiger partial charge in [0, 0.05) is 6.08 Å². The van der Waals surface area contributed by atoms with Gasteiger partial charge in [-0.15, -0.1) is 0 Å². The molecule has 2 aromatic carbocycles. The molecular formula is C24H28O4. The maximum absolute atomic E-state index is 12.0. The molecule has 28 heavy (non-hydrogen) atoms. The molecule has 0 amide bonds. The smallest absolute Gasteiger partial charge is 0.338 e. The number of rotatable bonds is 10. The first-order valence-electron chi connectivity index (χ1n) is 9.88. The van der Waals surface area contributed by atoms with E-state index in [-0.39, 0.29) is 5.97 Å². The molecule has 0 N–H and O–H groups in total. The van der Waals surface area contributed by atoms with Crippen LogP contribution in [0.15, 0.2) is 54.6 Å². The van der Waals surface area contributed by atoms with Gasteiger partial charge in [-0.1, -0.05) is 51.0 Å². The minimum Gasteiger partial charge on any atom is -0.462 e. The molecule has 0 fully saturated rings. The van der Waals surface area contributed by atoms with Gasteiger partial charge in [0.2, 0.25) is 0 Å². The molecule has 0 aliphatic carbocycles. The second-order valence-corrected chi connectivity index (χ2v) is 6.61. The van der Waals surface area contributed by atoms with E-state index in [2.05, 4.69) is 6.92 Å². The van der Waals surface area contributed by atoms with Gasteiger partial charge in [-0.25, -0.2) is 9.59 Å². The molecule has 0 atom stereocenters. The first-order valence-corrected chi connectivity index (χ1v) is 9.88. The summed E-state index contributed by atoms with van der Waals surface area (Å²) < 4.78 is 10.4. The summed E-state index contributed by atoms with van der Waals surface area (Å²) in [5, 5.41) is 0. The number of ether oxygens (including phenoxy) is 2. The van der Waals surface area contributed by atoms with E-state index in [0.717, 1.165) is 18.4 Å². The zero-order chi connectivity index (χ0) is 20.2. The zero-order valence-corrected chi connectivity index (χ0v) is 16.6. The summed E-state index contributed by atoms with van der Waals surface area (Å²) in [5.41, 5.74) is 2.55. The minimum absolute atomic E-state index is 0.338. The number of hydrogen-bond acceptors (Lipinski definition) is 4. The summed E-state index contributed by atoms with van der Waals surface area (Å²) in [5.74, 6) is -0.247. The highest BCUT2D eigenvalue weighted by Crippen LogP contribution is 2.15. The minimum atomic E-state index is -0.440. The van der Waals surface area contributed by atoms with Crippen molar-refractivity contribution in [3.63, 3.8) is 0 Å². The lowest BCUT2D eigenvalue weighted by molar-refractivity contribution is -0.128.